The third kappa shape index (κ3) is 1.40. The third-order valence-electron chi connectivity index (χ3n) is 4.28. The lowest BCUT2D eigenvalue weighted by Crippen LogP contribution is -2.61. The van der Waals surface area contributed by atoms with Crippen LogP contribution in [-0.4, -0.2) is 31.2 Å². The molecule has 2 bridgehead atoms. The molecule has 3 nitrogen and oxygen atoms in total. The fourth-order valence-corrected chi connectivity index (χ4v) is 3.14. The molecular formula is C10H20BNO2. The first-order valence-corrected chi connectivity index (χ1v) is 5.57. The van der Waals surface area contributed by atoms with Crippen molar-refractivity contribution >= 4 is 7.48 Å². The molecule has 0 aromatic rings. The van der Waals surface area contributed by atoms with Gasteiger partial charge in [0.1, 0.15) is 0 Å². The third-order valence-corrected chi connectivity index (χ3v) is 4.28. The lowest BCUT2D eigenvalue weighted by Gasteiger charge is -2.61. The Morgan fingerprint density at radius 2 is 2.21 bits per heavy atom. The van der Waals surface area contributed by atoms with Gasteiger partial charge in [-0.3, -0.25) is 0 Å². The average molecular weight is 197 g/mol. The standard InChI is InChI=1S/C10H20BNO2/c1-10(2)6-3-7(10)9(8(13)4-6)14-11-5-12/h6-9,11,13H,3-5,12H2,1-2H3/t6-,7+,8?,9?/m0/s1. The second kappa shape index (κ2) is 3.51. The lowest BCUT2D eigenvalue weighted by molar-refractivity contribution is -0.183. The first kappa shape index (κ1) is 10.5. The highest BCUT2D eigenvalue weighted by Gasteiger charge is 2.57. The zero-order valence-corrected chi connectivity index (χ0v) is 9.07. The van der Waals surface area contributed by atoms with Crippen LogP contribution in [-0.2, 0) is 4.65 Å². The van der Waals surface area contributed by atoms with Crippen LogP contribution in [0.1, 0.15) is 26.7 Å². The molecule has 3 rings (SSSR count). The molecule has 0 spiro atoms. The van der Waals surface area contributed by atoms with Crippen LogP contribution in [0, 0.1) is 17.3 Å². The largest absolute Gasteiger partial charge is 0.433 e. The molecule has 0 saturated heterocycles. The van der Waals surface area contributed by atoms with E-state index in [4.69, 9.17) is 10.4 Å². The molecule has 0 aromatic heterocycles. The van der Waals surface area contributed by atoms with Gasteiger partial charge in [-0.15, -0.1) is 0 Å². The molecule has 0 heterocycles. The number of hydrogen-bond donors (Lipinski definition) is 2. The smallest absolute Gasteiger partial charge is 0.289 e. The van der Waals surface area contributed by atoms with Crippen LogP contribution < -0.4 is 5.73 Å². The molecule has 14 heavy (non-hydrogen) atoms. The van der Waals surface area contributed by atoms with E-state index in [9.17, 15) is 5.11 Å². The van der Waals surface area contributed by atoms with Gasteiger partial charge >= 0.3 is 0 Å². The monoisotopic (exact) mass is 197 g/mol. The van der Waals surface area contributed by atoms with Gasteiger partial charge in [-0.2, -0.15) is 0 Å². The van der Waals surface area contributed by atoms with Gasteiger partial charge in [-0.25, -0.2) is 0 Å². The van der Waals surface area contributed by atoms with Gasteiger partial charge in [-0.1, -0.05) is 13.8 Å². The number of nitrogens with two attached hydrogens (primary N) is 1. The molecule has 4 heteroatoms. The van der Waals surface area contributed by atoms with Gasteiger partial charge in [-0.05, 0) is 36.5 Å². The normalized spacial score (nSPS) is 44.3. The topological polar surface area (TPSA) is 55.5 Å². The van der Waals surface area contributed by atoms with Crippen molar-refractivity contribution in [1.82, 2.24) is 0 Å². The second-order valence-electron chi connectivity index (χ2n) is 5.29. The Balaban J connectivity index is 2.00. The van der Waals surface area contributed by atoms with Crippen LogP contribution in [0.3, 0.4) is 0 Å². The van der Waals surface area contributed by atoms with Crippen LogP contribution in [0.15, 0.2) is 0 Å². The number of fused-ring (bicyclic) bond motifs is 2. The van der Waals surface area contributed by atoms with Crippen molar-refractivity contribution in [2.24, 2.45) is 23.0 Å². The maximum absolute atomic E-state index is 9.86. The molecule has 0 amide bonds. The van der Waals surface area contributed by atoms with E-state index in [-0.39, 0.29) is 12.2 Å². The highest BCUT2D eigenvalue weighted by atomic mass is 16.5. The Morgan fingerprint density at radius 1 is 1.50 bits per heavy atom. The highest BCUT2D eigenvalue weighted by molar-refractivity contribution is 6.27. The molecule has 4 atom stereocenters. The molecule has 3 aliphatic rings. The lowest BCUT2D eigenvalue weighted by atomic mass is 9.47. The van der Waals surface area contributed by atoms with Crippen LogP contribution >= 0.6 is 0 Å². The summed E-state index contributed by atoms with van der Waals surface area (Å²) in [4.78, 5) is 0. The molecule has 3 aliphatic carbocycles. The molecule has 0 radical (unpaired) electrons. The van der Waals surface area contributed by atoms with Gasteiger partial charge in [0.25, 0.3) is 7.48 Å². The summed E-state index contributed by atoms with van der Waals surface area (Å²) in [5, 5.41) is 9.86. The predicted molar refractivity (Wildman–Crippen MR) is 57.1 cm³/mol. The Bertz CT molecular complexity index is 222. The van der Waals surface area contributed by atoms with E-state index < -0.39 is 0 Å². The van der Waals surface area contributed by atoms with Crippen molar-refractivity contribution in [3.63, 3.8) is 0 Å². The number of rotatable bonds is 3. The van der Waals surface area contributed by atoms with Crippen LogP contribution in [0.5, 0.6) is 0 Å². The van der Waals surface area contributed by atoms with E-state index in [1.165, 1.54) is 6.42 Å². The Kier molecular flexibility index (Phi) is 2.62. The van der Waals surface area contributed by atoms with Crippen molar-refractivity contribution in [2.75, 3.05) is 6.44 Å². The van der Waals surface area contributed by atoms with Gasteiger partial charge in [0.15, 0.2) is 0 Å². The molecule has 80 valence electrons. The van der Waals surface area contributed by atoms with Crippen LogP contribution in [0.2, 0.25) is 0 Å². The molecule has 3 fully saturated rings. The summed E-state index contributed by atoms with van der Waals surface area (Å²) < 4.78 is 5.66. The predicted octanol–water partition coefficient (Wildman–Crippen LogP) is 0.0662. The van der Waals surface area contributed by atoms with Crippen molar-refractivity contribution in [1.29, 1.82) is 0 Å². The average Bonchev–Trinajstić information content (AvgIpc) is 2.15. The Hall–Kier alpha value is -0.0551. The summed E-state index contributed by atoms with van der Waals surface area (Å²) in [6.07, 6.45) is 2.43. The minimum atomic E-state index is -0.265. The van der Waals surface area contributed by atoms with E-state index in [0.29, 0.717) is 31.2 Å². The number of aliphatic hydroxyl groups is 1. The Morgan fingerprint density at radius 3 is 2.79 bits per heavy atom. The fraction of sp³-hybridized carbons (Fsp3) is 1.00. The highest BCUT2D eigenvalue weighted by Crippen LogP contribution is 2.59. The molecule has 2 unspecified atom stereocenters. The molecule has 3 saturated carbocycles. The van der Waals surface area contributed by atoms with E-state index in [2.05, 4.69) is 13.8 Å². The van der Waals surface area contributed by atoms with Gasteiger partial charge in [0.05, 0.1) is 12.2 Å². The summed E-state index contributed by atoms with van der Waals surface area (Å²) in [6.45, 7) is 4.58. The van der Waals surface area contributed by atoms with E-state index in [1.807, 2.05) is 0 Å². The minimum absolute atomic E-state index is 0.0264. The van der Waals surface area contributed by atoms with Crippen molar-refractivity contribution in [2.45, 2.75) is 38.9 Å². The fourth-order valence-electron chi connectivity index (χ4n) is 3.14. The first-order valence-electron chi connectivity index (χ1n) is 5.57. The first-order chi connectivity index (χ1) is 6.57. The minimum Gasteiger partial charge on any atom is -0.433 e. The Labute approximate surface area is 86.3 Å². The second-order valence-corrected chi connectivity index (χ2v) is 5.29. The zero-order chi connectivity index (χ0) is 10.3. The number of aliphatic hydroxyl groups excluding tert-OH is 1. The van der Waals surface area contributed by atoms with Crippen LogP contribution in [0.25, 0.3) is 0 Å². The molecule has 0 aliphatic heterocycles. The zero-order valence-electron chi connectivity index (χ0n) is 9.07. The maximum Gasteiger partial charge on any atom is 0.289 e. The van der Waals surface area contributed by atoms with Gasteiger partial charge in [0, 0.05) is 0 Å². The number of hydrogen-bond acceptors (Lipinski definition) is 3. The van der Waals surface area contributed by atoms with Crippen LogP contribution in [0.4, 0.5) is 0 Å². The summed E-state index contributed by atoms with van der Waals surface area (Å²) in [6, 6.07) is 0. The molecule has 3 N–H and O–H groups in total. The van der Waals surface area contributed by atoms with Crippen molar-refractivity contribution < 1.29 is 9.76 Å². The van der Waals surface area contributed by atoms with Gasteiger partial charge in [0.2, 0.25) is 0 Å². The van der Waals surface area contributed by atoms with Crippen molar-refractivity contribution in [3.05, 3.63) is 0 Å². The van der Waals surface area contributed by atoms with E-state index in [0.717, 1.165) is 6.42 Å². The summed E-state index contributed by atoms with van der Waals surface area (Å²) in [7, 11) is 0.568. The van der Waals surface area contributed by atoms with Gasteiger partial charge < -0.3 is 15.5 Å². The summed E-state index contributed by atoms with van der Waals surface area (Å²) in [5.41, 5.74) is 5.77. The molecule has 0 aromatic carbocycles. The quantitative estimate of drug-likeness (QED) is 0.629. The van der Waals surface area contributed by atoms with E-state index >= 15 is 0 Å². The molecular weight excluding hydrogens is 177 g/mol. The summed E-state index contributed by atoms with van der Waals surface area (Å²) in [5.74, 6) is 1.23. The van der Waals surface area contributed by atoms with E-state index in [1.54, 1.807) is 0 Å². The van der Waals surface area contributed by atoms with Crippen molar-refractivity contribution in [3.8, 4) is 0 Å². The SMILES string of the molecule is CC1(C)[C@@H]2CC(O)C(OBCN)[C@H]1C2. The summed E-state index contributed by atoms with van der Waals surface area (Å²) >= 11 is 0. The maximum atomic E-state index is 9.86.